The summed E-state index contributed by atoms with van der Waals surface area (Å²) in [5.74, 6) is 1.20. The molecule has 23 heavy (non-hydrogen) atoms. The van der Waals surface area contributed by atoms with Crippen LogP contribution < -0.4 is 15.8 Å². The van der Waals surface area contributed by atoms with Crippen LogP contribution in [-0.2, 0) is 11.3 Å². The van der Waals surface area contributed by atoms with E-state index < -0.39 is 6.03 Å². The molecule has 0 heterocycles. The number of nitrogens with one attached hydrogen (secondary N) is 1. The van der Waals surface area contributed by atoms with Crippen LogP contribution in [-0.4, -0.2) is 36.5 Å². The first-order chi connectivity index (χ1) is 11.0. The number of urea groups is 1. The molecule has 1 saturated carbocycles. The molecule has 0 spiro atoms. The molecule has 1 aliphatic rings. The molecular weight excluding hydrogens is 294 g/mol. The summed E-state index contributed by atoms with van der Waals surface area (Å²) in [5, 5.41) is 2.12. The summed E-state index contributed by atoms with van der Waals surface area (Å²) in [4.78, 5) is 24.7. The van der Waals surface area contributed by atoms with Crippen LogP contribution in [0.25, 0.3) is 0 Å². The standard InChI is InChI=1S/C17H25N3O3/c1-12(14-5-6-14)20(10-9-16(21)19-17(18)22)11-13-3-7-15(23-2)8-4-13/h3-4,7-8,12,14H,5-6,9-11H2,1-2H3,(H3,18,19,21,22). The van der Waals surface area contributed by atoms with Crippen molar-refractivity contribution >= 4 is 11.9 Å². The zero-order valence-electron chi connectivity index (χ0n) is 13.7. The van der Waals surface area contributed by atoms with E-state index in [-0.39, 0.29) is 12.3 Å². The number of hydrogen-bond donors (Lipinski definition) is 2. The Labute approximate surface area is 137 Å². The van der Waals surface area contributed by atoms with Crippen molar-refractivity contribution in [1.82, 2.24) is 10.2 Å². The van der Waals surface area contributed by atoms with Crippen LogP contribution in [0.2, 0.25) is 0 Å². The Bertz CT molecular complexity index is 541. The predicted octanol–water partition coefficient (Wildman–Crippen LogP) is 1.88. The topological polar surface area (TPSA) is 84.7 Å². The number of nitrogens with zero attached hydrogens (tertiary/aromatic N) is 1. The molecule has 6 nitrogen and oxygen atoms in total. The first-order valence-corrected chi connectivity index (χ1v) is 7.96. The molecule has 3 amide bonds. The lowest BCUT2D eigenvalue weighted by Gasteiger charge is -2.29. The van der Waals surface area contributed by atoms with Crippen molar-refractivity contribution in [2.45, 2.75) is 38.8 Å². The average molecular weight is 319 g/mol. The maximum absolute atomic E-state index is 11.6. The lowest BCUT2D eigenvalue weighted by Crippen LogP contribution is -2.40. The molecule has 6 heteroatoms. The Balaban J connectivity index is 1.95. The summed E-state index contributed by atoms with van der Waals surface area (Å²) in [7, 11) is 1.65. The number of methoxy groups -OCH3 is 1. The molecule has 2 rings (SSSR count). The van der Waals surface area contributed by atoms with E-state index in [0.717, 1.165) is 12.3 Å². The van der Waals surface area contributed by atoms with Gasteiger partial charge in [0.15, 0.2) is 0 Å². The molecule has 1 aromatic rings. The smallest absolute Gasteiger partial charge is 0.318 e. The molecule has 0 radical (unpaired) electrons. The maximum atomic E-state index is 11.6. The molecule has 1 unspecified atom stereocenters. The first-order valence-electron chi connectivity index (χ1n) is 7.96. The van der Waals surface area contributed by atoms with Crippen LogP contribution in [0, 0.1) is 5.92 Å². The Morgan fingerprint density at radius 2 is 2.00 bits per heavy atom. The summed E-state index contributed by atoms with van der Waals surface area (Å²) in [6.07, 6.45) is 2.75. The predicted molar refractivity (Wildman–Crippen MR) is 87.9 cm³/mol. The number of carbonyl (C=O) groups is 2. The van der Waals surface area contributed by atoms with Crippen LogP contribution in [0.15, 0.2) is 24.3 Å². The van der Waals surface area contributed by atoms with Crippen LogP contribution in [0.3, 0.4) is 0 Å². The van der Waals surface area contributed by atoms with Gasteiger partial charge in [-0.15, -0.1) is 0 Å². The van der Waals surface area contributed by atoms with E-state index in [2.05, 4.69) is 17.1 Å². The second-order valence-corrected chi connectivity index (χ2v) is 6.06. The van der Waals surface area contributed by atoms with Crippen molar-refractivity contribution in [3.8, 4) is 5.75 Å². The van der Waals surface area contributed by atoms with Gasteiger partial charge in [-0.3, -0.25) is 15.0 Å². The second kappa shape index (κ2) is 7.97. The molecular formula is C17H25N3O3. The molecule has 1 aliphatic carbocycles. The Hall–Kier alpha value is -2.08. The van der Waals surface area contributed by atoms with Gasteiger partial charge in [-0.05, 0) is 43.4 Å². The number of hydrogen-bond acceptors (Lipinski definition) is 4. The molecule has 1 aromatic carbocycles. The lowest BCUT2D eigenvalue weighted by atomic mass is 10.1. The summed E-state index contributed by atoms with van der Waals surface area (Å²) >= 11 is 0. The Morgan fingerprint density at radius 1 is 1.35 bits per heavy atom. The fraction of sp³-hybridized carbons (Fsp3) is 0.529. The fourth-order valence-electron chi connectivity index (χ4n) is 2.71. The number of imide groups is 1. The van der Waals surface area contributed by atoms with Crippen molar-refractivity contribution in [3.05, 3.63) is 29.8 Å². The molecule has 1 fully saturated rings. The summed E-state index contributed by atoms with van der Waals surface area (Å²) in [6, 6.07) is 7.57. The molecule has 0 aromatic heterocycles. The van der Waals surface area contributed by atoms with Crippen molar-refractivity contribution in [1.29, 1.82) is 0 Å². The highest BCUT2D eigenvalue weighted by Gasteiger charge is 2.32. The van der Waals surface area contributed by atoms with Gasteiger partial charge in [0, 0.05) is 25.6 Å². The normalized spacial score (nSPS) is 15.3. The largest absolute Gasteiger partial charge is 0.497 e. The molecule has 0 bridgehead atoms. The van der Waals surface area contributed by atoms with E-state index in [1.807, 2.05) is 24.3 Å². The minimum Gasteiger partial charge on any atom is -0.497 e. The SMILES string of the molecule is COc1ccc(CN(CCC(=O)NC(N)=O)C(C)C2CC2)cc1. The number of ether oxygens (including phenoxy) is 1. The Morgan fingerprint density at radius 3 is 2.52 bits per heavy atom. The van der Waals surface area contributed by atoms with E-state index in [0.29, 0.717) is 18.5 Å². The molecule has 0 saturated heterocycles. The second-order valence-electron chi connectivity index (χ2n) is 6.06. The van der Waals surface area contributed by atoms with Crippen molar-refractivity contribution < 1.29 is 14.3 Å². The monoisotopic (exact) mass is 319 g/mol. The molecule has 126 valence electrons. The maximum Gasteiger partial charge on any atom is 0.318 e. The highest BCUT2D eigenvalue weighted by Crippen LogP contribution is 2.35. The van der Waals surface area contributed by atoms with Gasteiger partial charge in [0.1, 0.15) is 5.75 Å². The summed E-state index contributed by atoms with van der Waals surface area (Å²) in [5.41, 5.74) is 6.15. The van der Waals surface area contributed by atoms with Crippen LogP contribution in [0.5, 0.6) is 5.75 Å². The fourth-order valence-corrected chi connectivity index (χ4v) is 2.71. The van der Waals surface area contributed by atoms with Crippen LogP contribution in [0.1, 0.15) is 31.7 Å². The van der Waals surface area contributed by atoms with Gasteiger partial charge >= 0.3 is 6.03 Å². The third kappa shape index (κ3) is 5.56. The van der Waals surface area contributed by atoms with Gasteiger partial charge in [0.05, 0.1) is 7.11 Å². The van der Waals surface area contributed by atoms with E-state index in [1.165, 1.54) is 18.4 Å². The number of primary amides is 1. The Kier molecular flexibility index (Phi) is 5.98. The van der Waals surface area contributed by atoms with E-state index in [4.69, 9.17) is 10.5 Å². The number of carbonyl (C=O) groups excluding carboxylic acids is 2. The highest BCUT2D eigenvalue weighted by atomic mass is 16.5. The quantitative estimate of drug-likeness (QED) is 0.766. The first kappa shape index (κ1) is 17.3. The van der Waals surface area contributed by atoms with Crippen molar-refractivity contribution in [2.75, 3.05) is 13.7 Å². The van der Waals surface area contributed by atoms with E-state index >= 15 is 0 Å². The molecule has 0 aliphatic heterocycles. The van der Waals surface area contributed by atoms with Gasteiger partial charge in [-0.25, -0.2) is 4.79 Å². The van der Waals surface area contributed by atoms with Gasteiger partial charge in [-0.1, -0.05) is 12.1 Å². The minimum absolute atomic E-state index is 0.260. The zero-order chi connectivity index (χ0) is 16.8. The van der Waals surface area contributed by atoms with Gasteiger partial charge < -0.3 is 10.5 Å². The third-order valence-electron chi connectivity index (χ3n) is 4.31. The highest BCUT2D eigenvalue weighted by molar-refractivity contribution is 5.93. The van der Waals surface area contributed by atoms with Crippen molar-refractivity contribution in [2.24, 2.45) is 11.7 Å². The average Bonchev–Trinajstić information content (AvgIpc) is 3.35. The lowest BCUT2D eigenvalue weighted by molar-refractivity contribution is -0.120. The zero-order valence-corrected chi connectivity index (χ0v) is 13.7. The third-order valence-corrected chi connectivity index (χ3v) is 4.31. The number of benzene rings is 1. The van der Waals surface area contributed by atoms with Crippen molar-refractivity contribution in [3.63, 3.8) is 0 Å². The molecule has 3 N–H and O–H groups in total. The summed E-state index contributed by atoms with van der Waals surface area (Å²) < 4.78 is 5.18. The van der Waals surface area contributed by atoms with E-state index in [9.17, 15) is 9.59 Å². The van der Waals surface area contributed by atoms with E-state index in [1.54, 1.807) is 7.11 Å². The van der Waals surface area contributed by atoms with Crippen LogP contribution in [0.4, 0.5) is 4.79 Å². The number of amides is 3. The number of rotatable bonds is 8. The van der Waals surface area contributed by atoms with Gasteiger partial charge in [-0.2, -0.15) is 0 Å². The summed E-state index contributed by atoms with van der Waals surface area (Å²) in [6.45, 7) is 3.57. The molecule has 1 atom stereocenters. The van der Waals surface area contributed by atoms with Gasteiger partial charge in [0.25, 0.3) is 0 Å². The number of nitrogens with two attached hydrogens (primary N) is 1. The minimum atomic E-state index is -0.799. The van der Waals surface area contributed by atoms with Crippen LogP contribution >= 0.6 is 0 Å². The van der Waals surface area contributed by atoms with Gasteiger partial charge in [0.2, 0.25) is 5.91 Å².